The van der Waals surface area contributed by atoms with Crippen molar-refractivity contribution < 1.29 is 23.1 Å². The molecule has 2 heterocycles. The van der Waals surface area contributed by atoms with Crippen LogP contribution in [0.4, 0.5) is 0 Å². The van der Waals surface area contributed by atoms with Gasteiger partial charge in [0, 0.05) is 6.04 Å². The molecule has 1 N–H and O–H groups in total. The Hall–Kier alpha value is -2.03. The van der Waals surface area contributed by atoms with Crippen molar-refractivity contribution in [2.45, 2.75) is 12.5 Å². The molecule has 1 aromatic heterocycles. The van der Waals surface area contributed by atoms with E-state index in [1.165, 1.54) is 18.5 Å². The van der Waals surface area contributed by atoms with Gasteiger partial charge in [0.15, 0.2) is 9.84 Å². The van der Waals surface area contributed by atoms with E-state index in [2.05, 4.69) is 10.2 Å². The van der Waals surface area contributed by atoms with E-state index in [4.69, 9.17) is 5.11 Å². The van der Waals surface area contributed by atoms with Gasteiger partial charge in [-0.05, 0) is 12.5 Å². The number of amides is 1. The highest BCUT2D eigenvalue weighted by molar-refractivity contribution is 7.91. The van der Waals surface area contributed by atoms with Gasteiger partial charge in [-0.1, -0.05) is 0 Å². The Morgan fingerprint density at radius 2 is 2.15 bits per heavy atom. The smallest absolute Gasteiger partial charge is 0.323 e. The maximum atomic E-state index is 12.3. The minimum absolute atomic E-state index is 0.0321. The van der Waals surface area contributed by atoms with Crippen LogP contribution in [0, 0.1) is 0 Å². The zero-order valence-electron chi connectivity index (χ0n) is 10.5. The van der Waals surface area contributed by atoms with Gasteiger partial charge in [-0.25, -0.2) is 8.42 Å². The van der Waals surface area contributed by atoms with Crippen LogP contribution in [0.25, 0.3) is 0 Å². The summed E-state index contributed by atoms with van der Waals surface area (Å²) in [6, 6.07) is 0.796. The van der Waals surface area contributed by atoms with Crippen LogP contribution in [0.2, 0.25) is 0 Å². The summed E-state index contributed by atoms with van der Waals surface area (Å²) in [6.07, 6.45) is 2.79. The van der Waals surface area contributed by atoms with Crippen LogP contribution in [-0.4, -0.2) is 64.6 Å². The first kappa shape index (κ1) is 14.4. The number of rotatable bonds is 4. The molecule has 1 aromatic rings. The molecule has 0 aromatic carbocycles. The number of carbonyl (C=O) groups is 2. The molecule has 9 heteroatoms. The number of aromatic nitrogens is 2. The number of carboxylic acids is 1. The molecule has 1 aliphatic rings. The number of carboxylic acid groups (broad SMARTS) is 1. The van der Waals surface area contributed by atoms with Crippen molar-refractivity contribution in [3.63, 3.8) is 0 Å². The molecule has 20 heavy (non-hydrogen) atoms. The number of hydrogen-bond donors (Lipinski definition) is 1. The fourth-order valence-electron chi connectivity index (χ4n) is 2.12. The second-order valence-corrected chi connectivity index (χ2v) is 6.74. The molecule has 0 bridgehead atoms. The maximum absolute atomic E-state index is 12.3. The zero-order valence-corrected chi connectivity index (χ0v) is 11.3. The monoisotopic (exact) mass is 299 g/mol. The highest BCUT2D eigenvalue weighted by Gasteiger charge is 2.36. The zero-order chi connectivity index (χ0) is 14.8. The van der Waals surface area contributed by atoms with E-state index in [1.54, 1.807) is 0 Å². The van der Waals surface area contributed by atoms with E-state index >= 15 is 0 Å². The van der Waals surface area contributed by atoms with Crippen LogP contribution in [-0.2, 0) is 14.6 Å². The normalized spacial score (nSPS) is 20.5. The molecule has 1 fully saturated rings. The van der Waals surface area contributed by atoms with E-state index in [0.29, 0.717) is 0 Å². The Morgan fingerprint density at radius 1 is 1.40 bits per heavy atom. The molecule has 1 saturated heterocycles. The SMILES string of the molecule is O=C(O)CN(C(=O)c1ccnnc1)C1CCS(=O)(=O)C1. The van der Waals surface area contributed by atoms with Crippen molar-refractivity contribution in [3.05, 3.63) is 24.0 Å². The average Bonchev–Trinajstić information content (AvgIpc) is 2.76. The summed E-state index contributed by atoms with van der Waals surface area (Å²) in [5.41, 5.74) is 0.186. The van der Waals surface area contributed by atoms with Gasteiger partial charge in [0.2, 0.25) is 0 Å². The minimum Gasteiger partial charge on any atom is -0.480 e. The molecular formula is C11H13N3O5S. The Kier molecular flexibility index (Phi) is 3.98. The fourth-order valence-corrected chi connectivity index (χ4v) is 3.85. The molecule has 1 aliphatic heterocycles. The highest BCUT2D eigenvalue weighted by Crippen LogP contribution is 2.19. The Bertz CT molecular complexity index is 616. The molecule has 0 spiro atoms. The Labute approximate surface area is 115 Å². The summed E-state index contributed by atoms with van der Waals surface area (Å²) in [4.78, 5) is 24.2. The molecule has 0 saturated carbocycles. The van der Waals surface area contributed by atoms with Gasteiger partial charge in [0.1, 0.15) is 6.54 Å². The van der Waals surface area contributed by atoms with Gasteiger partial charge in [-0.15, -0.1) is 0 Å². The third-order valence-corrected chi connectivity index (χ3v) is 4.80. The van der Waals surface area contributed by atoms with Crippen LogP contribution < -0.4 is 0 Å². The summed E-state index contributed by atoms with van der Waals surface area (Å²) in [7, 11) is -3.21. The second kappa shape index (κ2) is 5.53. The van der Waals surface area contributed by atoms with E-state index in [1.807, 2.05) is 0 Å². The number of aliphatic carboxylic acids is 1. The number of sulfone groups is 1. The number of hydrogen-bond acceptors (Lipinski definition) is 6. The second-order valence-electron chi connectivity index (χ2n) is 4.51. The predicted octanol–water partition coefficient (Wildman–Crippen LogP) is -0.809. The van der Waals surface area contributed by atoms with Gasteiger partial charge in [0.25, 0.3) is 5.91 Å². The molecule has 0 aliphatic carbocycles. The first-order valence-electron chi connectivity index (χ1n) is 5.89. The van der Waals surface area contributed by atoms with Crippen LogP contribution in [0.3, 0.4) is 0 Å². The molecule has 2 rings (SSSR count). The highest BCUT2D eigenvalue weighted by atomic mass is 32.2. The van der Waals surface area contributed by atoms with Crippen molar-refractivity contribution in [2.24, 2.45) is 0 Å². The summed E-state index contributed by atoms with van der Waals surface area (Å²) in [6.45, 7) is -0.540. The molecule has 1 atom stereocenters. The van der Waals surface area contributed by atoms with Crippen molar-refractivity contribution in [2.75, 3.05) is 18.1 Å². The van der Waals surface area contributed by atoms with Crippen molar-refractivity contribution in [1.29, 1.82) is 0 Å². The lowest BCUT2D eigenvalue weighted by Crippen LogP contribution is -2.44. The van der Waals surface area contributed by atoms with Crippen molar-refractivity contribution in [1.82, 2.24) is 15.1 Å². The lowest BCUT2D eigenvalue weighted by atomic mass is 10.2. The summed E-state index contributed by atoms with van der Waals surface area (Å²) in [5, 5.41) is 16.0. The largest absolute Gasteiger partial charge is 0.480 e. The van der Waals surface area contributed by atoms with Crippen LogP contribution in [0.5, 0.6) is 0 Å². The van der Waals surface area contributed by atoms with Gasteiger partial charge in [-0.3, -0.25) is 9.59 Å². The molecule has 108 valence electrons. The maximum Gasteiger partial charge on any atom is 0.323 e. The average molecular weight is 299 g/mol. The van der Waals surface area contributed by atoms with Gasteiger partial charge in [-0.2, -0.15) is 10.2 Å². The van der Waals surface area contributed by atoms with E-state index in [-0.39, 0.29) is 23.5 Å². The van der Waals surface area contributed by atoms with Gasteiger partial charge < -0.3 is 10.0 Å². The molecular weight excluding hydrogens is 286 g/mol. The van der Waals surface area contributed by atoms with Gasteiger partial charge in [0.05, 0.1) is 29.5 Å². The standard InChI is InChI=1S/C11H13N3O5S/c15-10(16)6-14(9-2-4-20(18,19)7-9)11(17)8-1-3-12-13-5-8/h1,3,5,9H,2,4,6-7H2,(H,15,16). The Balaban J connectivity index is 2.24. The minimum atomic E-state index is -3.21. The lowest BCUT2D eigenvalue weighted by Gasteiger charge is -2.26. The van der Waals surface area contributed by atoms with Gasteiger partial charge >= 0.3 is 5.97 Å². The molecule has 1 amide bonds. The molecule has 8 nitrogen and oxygen atoms in total. The van der Waals surface area contributed by atoms with E-state index in [0.717, 1.165) is 4.90 Å². The summed E-state index contributed by atoms with van der Waals surface area (Å²) < 4.78 is 23.0. The first-order chi connectivity index (χ1) is 9.39. The predicted molar refractivity (Wildman–Crippen MR) is 67.8 cm³/mol. The number of carbonyl (C=O) groups excluding carboxylic acids is 1. The first-order valence-corrected chi connectivity index (χ1v) is 7.71. The number of nitrogens with zero attached hydrogens (tertiary/aromatic N) is 3. The lowest BCUT2D eigenvalue weighted by molar-refractivity contribution is -0.138. The molecule has 0 radical (unpaired) electrons. The third-order valence-electron chi connectivity index (χ3n) is 3.05. The third kappa shape index (κ3) is 3.29. The summed E-state index contributed by atoms with van der Waals surface area (Å²) >= 11 is 0. The van der Waals surface area contributed by atoms with E-state index < -0.39 is 34.3 Å². The van der Waals surface area contributed by atoms with Crippen molar-refractivity contribution >= 4 is 21.7 Å². The van der Waals surface area contributed by atoms with Crippen LogP contribution >= 0.6 is 0 Å². The topological polar surface area (TPSA) is 118 Å². The van der Waals surface area contributed by atoms with Crippen LogP contribution in [0.15, 0.2) is 18.5 Å². The quantitative estimate of drug-likeness (QED) is 0.772. The van der Waals surface area contributed by atoms with Crippen LogP contribution in [0.1, 0.15) is 16.8 Å². The van der Waals surface area contributed by atoms with Crippen molar-refractivity contribution in [3.8, 4) is 0 Å². The molecule has 1 unspecified atom stereocenters. The van der Waals surface area contributed by atoms with E-state index in [9.17, 15) is 18.0 Å². The summed E-state index contributed by atoms with van der Waals surface area (Å²) in [5.74, 6) is -1.98. The Morgan fingerprint density at radius 3 is 2.65 bits per heavy atom. The fraction of sp³-hybridized carbons (Fsp3) is 0.455.